The number of sulfonamides is 1. The summed E-state index contributed by atoms with van der Waals surface area (Å²) in [6, 6.07) is 15.0. The van der Waals surface area contributed by atoms with Gasteiger partial charge in [-0.1, -0.05) is 36.9 Å². The van der Waals surface area contributed by atoms with Crippen molar-refractivity contribution < 1.29 is 13.2 Å². The first-order valence-corrected chi connectivity index (χ1v) is 13.5. The molecule has 1 atom stereocenters. The van der Waals surface area contributed by atoms with Crippen molar-refractivity contribution in [3.63, 3.8) is 0 Å². The van der Waals surface area contributed by atoms with Gasteiger partial charge in [0, 0.05) is 38.4 Å². The quantitative estimate of drug-likeness (QED) is 0.514. The van der Waals surface area contributed by atoms with Gasteiger partial charge in [0.25, 0.3) is 0 Å². The van der Waals surface area contributed by atoms with E-state index < -0.39 is 10.0 Å². The van der Waals surface area contributed by atoms with E-state index in [0.717, 1.165) is 31.6 Å². The van der Waals surface area contributed by atoms with Gasteiger partial charge in [0.05, 0.1) is 21.2 Å². The van der Waals surface area contributed by atoms with E-state index in [2.05, 4.69) is 28.9 Å². The number of rotatable bonds is 7. The predicted molar refractivity (Wildman–Crippen MR) is 132 cm³/mol. The van der Waals surface area contributed by atoms with Crippen LogP contribution < -0.4 is 10.0 Å². The molecule has 1 aliphatic rings. The van der Waals surface area contributed by atoms with Crippen molar-refractivity contribution in [3.8, 4) is 0 Å². The Morgan fingerprint density at radius 1 is 1.12 bits per heavy atom. The number of para-hydroxylation sites is 1. The summed E-state index contributed by atoms with van der Waals surface area (Å²) >= 11 is 1.41. The Labute approximate surface area is 198 Å². The van der Waals surface area contributed by atoms with E-state index >= 15 is 0 Å². The number of primary sulfonamides is 1. The van der Waals surface area contributed by atoms with Crippen LogP contribution in [0.5, 0.6) is 0 Å². The number of nitrogens with zero attached hydrogens (tertiary/aromatic N) is 4. The second kappa shape index (κ2) is 9.74. The molecule has 10 heteroatoms. The number of benzene rings is 2. The van der Waals surface area contributed by atoms with E-state index in [9.17, 15) is 13.2 Å². The highest BCUT2D eigenvalue weighted by molar-refractivity contribution is 8.00. The minimum atomic E-state index is -3.81. The zero-order chi connectivity index (χ0) is 23.6. The molecule has 4 rings (SSSR count). The highest BCUT2D eigenvalue weighted by Gasteiger charge is 2.27. The van der Waals surface area contributed by atoms with Gasteiger partial charge in [-0.2, -0.15) is 0 Å². The molecule has 3 aromatic rings. The van der Waals surface area contributed by atoms with Gasteiger partial charge < -0.3 is 14.4 Å². The number of aryl methyl sites for hydroxylation is 1. The Morgan fingerprint density at radius 3 is 2.45 bits per heavy atom. The fourth-order valence-electron chi connectivity index (χ4n) is 4.08. The number of amides is 1. The van der Waals surface area contributed by atoms with Crippen LogP contribution in [0.4, 0.5) is 5.69 Å². The van der Waals surface area contributed by atoms with Crippen LogP contribution >= 0.6 is 11.8 Å². The molecule has 2 aromatic carbocycles. The van der Waals surface area contributed by atoms with Crippen LogP contribution in [0, 0.1) is 0 Å². The molecule has 33 heavy (non-hydrogen) atoms. The third kappa shape index (κ3) is 5.18. The summed E-state index contributed by atoms with van der Waals surface area (Å²) in [5, 5.41) is 5.68. The van der Waals surface area contributed by atoms with Crippen molar-refractivity contribution in [2.75, 3.05) is 31.1 Å². The van der Waals surface area contributed by atoms with Crippen LogP contribution in [0.25, 0.3) is 11.0 Å². The van der Waals surface area contributed by atoms with E-state index in [1.165, 1.54) is 29.6 Å². The first-order chi connectivity index (χ1) is 15.8. The summed E-state index contributed by atoms with van der Waals surface area (Å²) < 4.78 is 25.5. The first-order valence-electron chi connectivity index (χ1n) is 11.1. The molecule has 1 amide bonds. The largest absolute Gasteiger partial charge is 0.368 e. The lowest BCUT2D eigenvalue weighted by atomic mass is 10.2. The van der Waals surface area contributed by atoms with Crippen molar-refractivity contribution in [1.29, 1.82) is 0 Å². The molecular weight excluding hydrogens is 458 g/mol. The summed E-state index contributed by atoms with van der Waals surface area (Å²) in [6.07, 6.45) is 0.889. The van der Waals surface area contributed by atoms with Crippen LogP contribution in [0.3, 0.4) is 0 Å². The average Bonchev–Trinajstić information content (AvgIpc) is 3.15. The zero-order valence-corrected chi connectivity index (χ0v) is 20.5. The van der Waals surface area contributed by atoms with Gasteiger partial charge in [-0.15, -0.1) is 0 Å². The van der Waals surface area contributed by atoms with Crippen LogP contribution in [0.2, 0.25) is 0 Å². The number of aromatic nitrogens is 2. The Hall–Kier alpha value is -2.56. The van der Waals surface area contributed by atoms with Crippen molar-refractivity contribution in [2.45, 2.75) is 42.1 Å². The normalized spacial score (nSPS) is 15.7. The summed E-state index contributed by atoms with van der Waals surface area (Å²) in [4.78, 5) is 22.1. The van der Waals surface area contributed by atoms with Crippen molar-refractivity contribution >= 4 is 44.4 Å². The van der Waals surface area contributed by atoms with Crippen molar-refractivity contribution in [3.05, 3.63) is 48.5 Å². The van der Waals surface area contributed by atoms with Crippen LogP contribution in [0.1, 0.15) is 20.3 Å². The summed E-state index contributed by atoms with van der Waals surface area (Å²) in [5.41, 5.74) is 2.58. The monoisotopic (exact) mass is 487 g/mol. The van der Waals surface area contributed by atoms with E-state index in [1.54, 1.807) is 6.07 Å². The third-order valence-electron chi connectivity index (χ3n) is 5.80. The Balaban J connectivity index is 1.48. The molecule has 2 heterocycles. The van der Waals surface area contributed by atoms with Gasteiger partial charge in [0.1, 0.15) is 0 Å². The van der Waals surface area contributed by atoms with Crippen LogP contribution in [-0.4, -0.2) is 60.2 Å². The maximum Gasteiger partial charge on any atom is 0.238 e. The van der Waals surface area contributed by atoms with Gasteiger partial charge in [0.15, 0.2) is 5.16 Å². The second-order valence-corrected chi connectivity index (χ2v) is 11.0. The highest BCUT2D eigenvalue weighted by atomic mass is 32.2. The fraction of sp³-hybridized carbons (Fsp3) is 0.391. The van der Waals surface area contributed by atoms with Crippen molar-refractivity contribution in [1.82, 2.24) is 14.5 Å². The maximum absolute atomic E-state index is 13.2. The van der Waals surface area contributed by atoms with Crippen LogP contribution in [0.15, 0.2) is 58.6 Å². The lowest BCUT2D eigenvalue weighted by molar-refractivity contribution is -0.130. The fourth-order valence-corrected chi connectivity index (χ4v) is 5.65. The maximum atomic E-state index is 13.2. The lowest BCUT2D eigenvalue weighted by Gasteiger charge is -2.37. The molecule has 2 N–H and O–H groups in total. The minimum Gasteiger partial charge on any atom is -0.368 e. The standard InChI is InChI=1S/C23H29N5O3S2/c1-3-11-28-21-10-9-19(33(24,30)31)16-20(21)25-23(28)32-17(2)22(29)27-14-12-26(13-15-27)18-7-5-4-6-8-18/h4-10,16-17H,3,11-15H2,1-2H3,(H2,24,30,31). The molecule has 0 aliphatic carbocycles. The first kappa shape index (κ1) is 23.6. The van der Waals surface area contributed by atoms with Gasteiger partial charge in [-0.3, -0.25) is 4.79 Å². The number of carbonyl (C=O) groups excluding carboxylic acids is 1. The Kier molecular flexibility index (Phi) is 6.96. The lowest BCUT2D eigenvalue weighted by Crippen LogP contribution is -2.50. The molecule has 1 aliphatic heterocycles. The number of fused-ring (bicyclic) bond motifs is 1. The highest BCUT2D eigenvalue weighted by Crippen LogP contribution is 2.30. The zero-order valence-electron chi connectivity index (χ0n) is 18.8. The predicted octanol–water partition coefficient (Wildman–Crippen LogP) is 2.92. The molecule has 8 nitrogen and oxygen atoms in total. The molecule has 0 bridgehead atoms. The number of piperazine rings is 1. The smallest absolute Gasteiger partial charge is 0.238 e. The summed E-state index contributed by atoms with van der Waals surface area (Å²) in [7, 11) is -3.81. The number of nitrogens with two attached hydrogens (primary N) is 1. The van der Waals surface area contributed by atoms with E-state index in [1.807, 2.05) is 34.6 Å². The van der Waals surface area contributed by atoms with Crippen LogP contribution in [-0.2, 0) is 21.4 Å². The number of thioether (sulfide) groups is 1. The van der Waals surface area contributed by atoms with E-state index in [4.69, 9.17) is 5.14 Å². The summed E-state index contributed by atoms with van der Waals surface area (Å²) in [5.74, 6) is 0.0908. The summed E-state index contributed by atoms with van der Waals surface area (Å²) in [6.45, 7) is 7.67. The molecule has 176 valence electrons. The minimum absolute atomic E-state index is 0.0353. The van der Waals surface area contributed by atoms with Gasteiger partial charge in [0.2, 0.25) is 15.9 Å². The Morgan fingerprint density at radius 2 is 1.82 bits per heavy atom. The number of hydrogen-bond donors (Lipinski definition) is 1. The molecule has 0 radical (unpaired) electrons. The number of hydrogen-bond acceptors (Lipinski definition) is 6. The molecule has 0 spiro atoms. The molecule has 1 fully saturated rings. The molecule has 0 saturated carbocycles. The Bertz CT molecular complexity index is 1240. The number of anilines is 1. The molecule has 1 unspecified atom stereocenters. The topological polar surface area (TPSA) is 102 Å². The number of imidazole rings is 1. The third-order valence-corrected chi connectivity index (χ3v) is 7.79. The van der Waals surface area contributed by atoms with Gasteiger partial charge in [-0.05, 0) is 43.7 Å². The van der Waals surface area contributed by atoms with Gasteiger partial charge in [-0.25, -0.2) is 18.5 Å². The van der Waals surface area contributed by atoms with E-state index in [0.29, 0.717) is 23.8 Å². The molecule has 1 saturated heterocycles. The SMILES string of the molecule is CCCn1c(SC(C)C(=O)N2CCN(c3ccccc3)CC2)nc2cc(S(N)(=O)=O)ccc21. The second-order valence-electron chi connectivity index (χ2n) is 8.15. The molecule has 1 aromatic heterocycles. The van der Waals surface area contributed by atoms with Crippen molar-refractivity contribution in [2.24, 2.45) is 5.14 Å². The average molecular weight is 488 g/mol. The van der Waals surface area contributed by atoms with Gasteiger partial charge >= 0.3 is 0 Å². The molecular formula is C23H29N5O3S2. The van der Waals surface area contributed by atoms with E-state index in [-0.39, 0.29) is 16.1 Å². The number of carbonyl (C=O) groups is 1.